The van der Waals surface area contributed by atoms with Crippen molar-refractivity contribution >= 4 is 5.91 Å². The number of nitrogens with one attached hydrogen (secondary N) is 1. The Labute approximate surface area is 160 Å². The standard InChI is InChI=1S/C22H25N3O2/c1-16-12-17(2)14-21(13-16)27-11-9-24-22(26)20-6-4-19(5-7-20)15-25-10-8-23-18(25)3/h4-8,10,12-14H,9,11,15H2,1-3H3,(H,24,26). The van der Waals surface area contributed by atoms with Crippen LogP contribution in [0.25, 0.3) is 0 Å². The molecule has 3 aromatic rings. The summed E-state index contributed by atoms with van der Waals surface area (Å²) >= 11 is 0. The minimum absolute atomic E-state index is 0.0932. The predicted molar refractivity (Wildman–Crippen MR) is 106 cm³/mol. The zero-order chi connectivity index (χ0) is 19.2. The second-order valence-electron chi connectivity index (χ2n) is 6.73. The van der Waals surface area contributed by atoms with E-state index < -0.39 is 0 Å². The van der Waals surface area contributed by atoms with Gasteiger partial charge in [-0.3, -0.25) is 4.79 Å². The number of aryl methyl sites for hydroxylation is 3. The average molecular weight is 363 g/mol. The molecule has 0 bridgehead atoms. The zero-order valence-corrected chi connectivity index (χ0v) is 16.0. The summed E-state index contributed by atoms with van der Waals surface area (Å²) < 4.78 is 7.79. The molecule has 2 aromatic carbocycles. The summed E-state index contributed by atoms with van der Waals surface area (Å²) in [5.74, 6) is 1.71. The number of amides is 1. The third-order valence-electron chi connectivity index (χ3n) is 4.34. The van der Waals surface area contributed by atoms with Gasteiger partial charge in [-0.05, 0) is 61.7 Å². The first kappa shape index (κ1) is 18.7. The van der Waals surface area contributed by atoms with Crippen LogP contribution in [-0.4, -0.2) is 28.6 Å². The highest BCUT2D eigenvalue weighted by atomic mass is 16.5. The Morgan fingerprint density at radius 3 is 2.41 bits per heavy atom. The van der Waals surface area contributed by atoms with Crippen molar-refractivity contribution in [2.45, 2.75) is 27.3 Å². The fraction of sp³-hybridized carbons (Fsp3) is 0.273. The first-order valence-electron chi connectivity index (χ1n) is 9.07. The van der Waals surface area contributed by atoms with Crippen molar-refractivity contribution in [3.8, 4) is 5.75 Å². The van der Waals surface area contributed by atoms with Crippen LogP contribution in [0.3, 0.4) is 0 Å². The van der Waals surface area contributed by atoms with Gasteiger partial charge in [-0.25, -0.2) is 4.98 Å². The van der Waals surface area contributed by atoms with Gasteiger partial charge in [0, 0.05) is 24.5 Å². The van der Waals surface area contributed by atoms with E-state index in [4.69, 9.17) is 4.74 Å². The molecular weight excluding hydrogens is 338 g/mol. The molecule has 1 aromatic heterocycles. The molecule has 0 fully saturated rings. The number of benzene rings is 2. The van der Waals surface area contributed by atoms with Crippen LogP contribution in [0.1, 0.15) is 32.9 Å². The van der Waals surface area contributed by atoms with Gasteiger partial charge in [-0.1, -0.05) is 18.2 Å². The van der Waals surface area contributed by atoms with Crippen LogP contribution >= 0.6 is 0 Å². The van der Waals surface area contributed by atoms with E-state index in [1.807, 2.05) is 63.4 Å². The van der Waals surface area contributed by atoms with E-state index in [-0.39, 0.29) is 5.91 Å². The van der Waals surface area contributed by atoms with Gasteiger partial charge in [-0.15, -0.1) is 0 Å². The smallest absolute Gasteiger partial charge is 0.251 e. The molecule has 0 unspecified atom stereocenters. The van der Waals surface area contributed by atoms with Crippen LogP contribution < -0.4 is 10.1 Å². The van der Waals surface area contributed by atoms with Crippen molar-refractivity contribution < 1.29 is 9.53 Å². The second-order valence-corrected chi connectivity index (χ2v) is 6.73. The van der Waals surface area contributed by atoms with Crippen LogP contribution in [0.5, 0.6) is 5.75 Å². The summed E-state index contributed by atoms with van der Waals surface area (Å²) in [5, 5.41) is 2.89. The lowest BCUT2D eigenvalue weighted by Crippen LogP contribution is -2.28. The molecular formula is C22H25N3O2. The van der Waals surface area contributed by atoms with Crippen LogP contribution in [0, 0.1) is 20.8 Å². The summed E-state index contributed by atoms with van der Waals surface area (Å²) in [7, 11) is 0. The van der Waals surface area contributed by atoms with Crippen LogP contribution in [0.15, 0.2) is 54.9 Å². The van der Waals surface area contributed by atoms with Gasteiger partial charge in [0.15, 0.2) is 0 Å². The van der Waals surface area contributed by atoms with E-state index in [0.29, 0.717) is 18.7 Å². The summed E-state index contributed by atoms with van der Waals surface area (Å²) in [6, 6.07) is 13.7. The van der Waals surface area contributed by atoms with Gasteiger partial charge in [-0.2, -0.15) is 0 Å². The van der Waals surface area contributed by atoms with Crippen molar-refractivity contribution in [2.75, 3.05) is 13.2 Å². The number of carbonyl (C=O) groups is 1. The van der Waals surface area contributed by atoms with Crippen molar-refractivity contribution in [1.29, 1.82) is 0 Å². The number of ether oxygens (including phenoxy) is 1. The number of hydrogen-bond acceptors (Lipinski definition) is 3. The zero-order valence-electron chi connectivity index (χ0n) is 16.0. The van der Waals surface area contributed by atoms with Gasteiger partial charge < -0.3 is 14.6 Å². The number of rotatable bonds is 7. The Hall–Kier alpha value is -3.08. The van der Waals surface area contributed by atoms with Crippen LogP contribution in [-0.2, 0) is 6.54 Å². The van der Waals surface area contributed by atoms with Gasteiger partial charge in [0.25, 0.3) is 5.91 Å². The van der Waals surface area contributed by atoms with Gasteiger partial charge in [0.1, 0.15) is 18.2 Å². The maximum Gasteiger partial charge on any atom is 0.251 e. The summed E-state index contributed by atoms with van der Waals surface area (Å²) in [6.07, 6.45) is 3.74. The maximum absolute atomic E-state index is 12.3. The Bertz CT molecular complexity index is 893. The molecule has 1 amide bonds. The Morgan fingerprint density at radius 2 is 1.78 bits per heavy atom. The molecule has 0 saturated heterocycles. The Morgan fingerprint density at radius 1 is 1.07 bits per heavy atom. The molecule has 5 nitrogen and oxygen atoms in total. The largest absolute Gasteiger partial charge is 0.492 e. The maximum atomic E-state index is 12.3. The predicted octanol–water partition coefficient (Wildman–Crippen LogP) is 3.67. The molecule has 0 radical (unpaired) electrons. The van der Waals surface area contributed by atoms with Gasteiger partial charge >= 0.3 is 0 Å². The summed E-state index contributed by atoms with van der Waals surface area (Å²) in [6.45, 7) is 7.70. The Kier molecular flexibility index (Phi) is 5.91. The molecule has 0 aliphatic rings. The highest BCUT2D eigenvalue weighted by Gasteiger charge is 2.06. The lowest BCUT2D eigenvalue weighted by atomic mass is 10.1. The van der Waals surface area contributed by atoms with E-state index >= 15 is 0 Å². The highest BCUT2D eigenvalue weighted by Crippen LogP contribution is 2.15. The fourth-order valence-corrected chi connectivity index (χ4v) is 2.98. The topological polar surface area (TPSA) is 56.1 Å². The number of aromatic nitrogens is 2. The number of nitrogens with zero attached hydrogens (tertiary/aromatic N) is 2. The third-order valence-corrected chi connectivity index (χ3v) is 4.34. The molecule has 3 rings (SSSR count). The first-order valence-corrected chi connectivity index (χ1v) is 9.07. The van der Waals surface area contributed by atoms with E-state index in [0.717, 1.165) is 23.7 Å². The molecule has 0 spiro atoms. The van der Waals surface area contributed by atoms with Crippen LogP contribution in [0.4, 0.5) is 0 Å². The molecule has 27 heavy (non-hydrogen) atoms. The number of carbonyl (C=O) groups excluding carboxylic acids is 1. The van der Waals surface area contributed by atoms with Crippen molar-refractivity contribution in [2.24, 2.45) is 0 Å². The SMILES string of the molecule is Cc1cc(C)cc(OCCNC(=O)c2ccc(Cn3ccnc3C)cc2)c1. The number of imidazole rings is 1. The van der Waals surface area contributed by atoms with E-state index in [1.54, 1.807) is 6.20 Å². The molecule has 140 valence electrons. The number of hydrogen-bond donors (Lipinski definition) is 1. The van der Waals surface area contributed by atoms with Crippen molar-refractivity contribution in [3.05, 3.63) is 82.9 Å². The van der Waals surface area contributed by atoms with Gasteiger partial charge in [0.2, 0.25) is 0 Å². The van der Waals surface area contributed by atoms with E-state index in [1.165, 1.54) is 11.1 Å². The monoisotopic (exact) mass is 363 g/mol. The summed E-state index contributed by atoms with van der Waals surface area (Å²) in [4.78, 5) is 16.5. The highest BCUT2D eigenvalue weighted by molar-refractivity contribution is 5.94. The summed E-state index contributed by atoms with van der Waals surface area (Å²) in [5.41, 5.74) is 4.11. The molecule has 0 atom stereocenters. The lowest BCUT2D eigenvalue weighted by Gasteiger charge is -2.10. The minimum Gasteiger partial charge on any atom is -0.492 e. The third kappa shape index (κ3) is 5.20. The van der Waals surface area contributed by atoms with Crippen molar-refractivity contribution in [3.63, 3.8) is 0 Å². The Balaban J connectivity index is 1.47. The average Bonchev–Trinajstić information content (AvgIpc) is 3.03. The normalized spacial score (nSPS) is 10.6. The molecule has 0 aliphatic heterocycles. The quantitative estimate of drug-likeness (QED) is 0.652. The van der Waals surface area contributed by atoms with Crippen LogP contribution in [0.2, 0.25) is 0 Å². The minimum atomic E-state index is -0.0932. The molecule has 0 aliphatic carbocycles. The van der Waals surface area contributed by atoms with E-state index in [9.17, 15) is 4.79 Å². The van der Waals surface area contributed by atoms with Gasteiger partial charge in [0.05, 0.1) is 6.54 Å². The van der Waals surface area contributed by atoms with Crippen molar-refractivity contribution in [1.82, 2.24) is 14.9 Å². The first-order chi connectivity index (χ1) is 13.0. The molecule has 0 saturated carbocycles. The lowest BCUT2D eigenvalue weighted by molar-refractivity contribution is 0.0947. The van der Waals surface area contributed by atoms with E-state index in [2.05, 4.69) is 20.9 Å². The fourth-order valence-electron chi connectivity index (χ4n) is 2.98. The molecule has 1 N–H and O–H groups in total. The molecule has 1 heterocycles. The molecule has 5 heteroatoms. The second kappa shape index (κ2) is 8.54.